The Morgan fingerprint density at radius 2 is 1.38 bits per heavy atom. The molecule has 0 spiro atoms. The summed E-state index contributed by atoms with van der Waals surface area (Å²) in [6.45, 7) is 0. The van der Waals surface area contributed by atoms with Gasteiger partial charge in [-0.15, -0.1) is 0 Å². The highest BCUT2D eigenvalue weighted by Crippen LogP contribution is 2.59. The van der Waals surface area contributed by atoms with E-state index in [2.05, 4.69) is 78.7 Å². The summed E-state index contributed by atoms with van der Waals surface area (Å²) in [6, 6.07) is 0. The largest absolute Gasteiger partial charge is 0.307 e. The minimum absolute atomic E-state index is 0.259. The molecule has 3 rings (SSSR count). The monoisotopic (exact) mass is 256 g/mol. The van der Waals surface area contributed by atoms with Crippen LogP contribution in [0.25, 0.3) is 0 Å². The second-order valence-corrected chi connectivity index (χ2v) is 8.31. The van der Waals surface area contributed by atoms with Crippen LogP contribution in [-0.2, 0) is 0 Å². The van der Waals surface area contributed by atoms with E-state index in [1.54, 1.807) is 0 Å². The number of rotatable bonds is 1. The lowest BCUT2D eigenvalue weighted by Gasteiger charge is -2.33. The van der Waals surface area contributed by atoms with Gasteiger partial charge >= 0.3 is 0 Å². The maximum Gasteiger partial charge on any atom is 0.0998 e. The molecular weight excluding hydrogens is 247 g/mol. The lowest BCUT2D eigenvalue weighted by molar-refractivity contribution is 0.754. The summed E-state index contributed by atoms with van der Waals surface area (Å²) in [5.74, 6) is 0. The highest BCUT2D eigenvalue weighted by molar-refractivity contribution is 7.58. The van der Waals surface area contributed by atoms with Gasteiger partial charge in [-0.05, 0) is 29.2 Å². The maximum absolute atomic E-state index is 3.69. The van der Waals surface area contributed by atoms with Crippen LogP contribution < -0.4 is 0 Å². The number of hydrogen-bond donors (Lipinski definition) is 0. The highest BCUT2D eigenvalue weighted by atomic mass is 31.1. The summed E-state index contributed by atoms with van der Waals surface area (Å²) in [6.07, 6.45) is 16.9. The predicted molar refractivity (Wildman–Crippen MR) is 69.5 cm³/mol. The lowest BCUT2D eigenvalue weighted by atomic mass is 10.2. The maximum atomic E-state index is 3.69. The number of fused-ring (bicyclic) bond motifs is 2. The number of nitrogens with zero attached hydrogens (tertiary/aromatic N) is 2. The zero-order valence-corrected chi connectivity index (χ0v) is 11.4. The molecule has 0 unspecified atom stereocenters. The van der Waals surface area contributed by atoms with Crippen LogP contribution in [-0.4, -0.2) is 34.7 Å². The molecule has 0 aromatic carbocycles. The molecule has 0 saturated carbocycles. The fourth-order valence-corrected chi connectivity index (χ4v) is 5.39. The third kappa shape index (κ3) is 1.41. The quantitative estimate of drug-likeness (QED) is 0.522. The lowest BCUT2D eigenvalue weighted by Crippen LogP contribution is -2.21. The van der Waals surface area contributed by atoms with Crippen molar-refractivity contribution in [1.82, 2.24) is 9.34 Å². The first-order chi connectivity index (χ1) is 7.79. The summed E-state index contributed by atoms with van der Waals surface area (Å²) in [5.41, 5.74) is 2.55. The van der Waals surface area contributed by atoms with E-state index in [1.807, 2.05) is 0 Å². The summed E-state index contributed by atoms with van der Waals surface area (Å²) in [4.78, 5) is 0.259. The van der Waals surface area contributed by atoms with E-state index in [1.165, 1.54) is 11.4 Å². The van der Waals surface area contributed by atoms with Gasteiger partial charge in [0.15, 0.2) is 0 Å². The van der Waals surface area contributed by atoms with Gasteiger partial charge in [0.1, 0.15) is 0 Å². The zero-order valence-electron chi connectivity index (χ0n) is 8.54. The van der Waals surface area contributed by atoms with Crippen molar-refractivity contribution < 1.29 is 0 Å². The topological polar surface area (TPSA) is 6.48 Å². The third-order valence-corrected chi connectivity index (χ3v) is 6.04. The molecule has 76 valence electrons. The molecule has 0 saturated heterocycles. The Morgan fingerprint density at radius 1 is 0.875 bits per heavy atom. The molecule has 3 aliphatic rings. The van der Waals surface area contributed by atoms with Gasteiger partial charge < -0.3 is 9.34 Å². The molecule has 0 N–H and O–H groups in total. The second kappa shape index (κ2) is 3.88. The molecule has 3 heterocycles. The average Bonchev–Trinajstić information content (AvgIpc) is 2.63. The Morgan fingerprint density at radius 3 is 1.81 bits per heavy atom. The Hall–Kier alpha value is -0.836. The standard InChI is InChI=1S/C11H9N2PSi2/c15-11(16)14-12-7-3-1-5-9(12)10-6-2-4-8-13(10)14/h1-8,11H. The summed E-state index contributed by atoms with van der Waals surface area (Å²) in [5, 5.41) is 0. The van der Waals surface area contributed by atoms with Crippen molar-refractivity contribution >= 4 is 28.7 Å². The van der Waals surface area contributed by atoms with Crippen molar-refractivity contribution in [2.24, 2.45) is 0 Å². The minimum atomic E-state index is -0.475. The van der Waals surface area contributed by atoms with Crippen molar-refractivity contribution in [1.29, 1.82) is 0 Å². The van der Waals surface area contributed by atoms with Crippen LogP contribution in [0.15, 0.2) is 60.3 Å². The van der Waals surface area contributed by atoms with Gasteiger partial charge in [-0.1, -0.05) is 12.2 Å². The fourth-order valence-electron chi connectivity index (χ4n) is 1.98. The van der Waals surface area contributed by atoms with E-state index in [9.17, 15) is 0 Å². The summed E-state index contributed by atoms with van der Waals surface area (Å²) in [7, 11) is 6.91. The second-order valence-electron chi connectivity index (χ2n) is 3.58. The van der Waals surface area contributed by atoms with Crippen LogP contribution in [0.5, 0.6) is 0 Å². The van der Waals surface area contributed by atoms with Gasteiger partial charge in [-0.2, -0.15) is 0 Å². The van der Waals surface area contributed by atoms with E-state index in [-0.39, 0.29) is 4.91 Å². The number of allylic oxidation sites excluding steroid dienone is 6. The molecular formula is C11H9N2PSi2. The molecule has 0 fully saturated rings. The van der Waals surface area contributed by atoms with Crippen LogP contribution in [0.3, 0.4) is 0 Å². The van der Waals surface area contributed by atoms with E-state index < -0.39 is 8.22 Å². The van der Waals surface area contributed by atoms with E-state index >= 15 is 0 Å². The smallest absolute Gasteiger partial charge is 0.0998 e. The highest BCUT2D eigenvalue weighted by Gasteiger charge is 2.37. The first-order valence-corrected chi connectivity index (χ1v) is 7.50. The van der Waals surface area contributed by atoms with Crippen LogP contribution in [0.1, 0.15) is 0 Å². The summed E-state index contributed by atoms with van der Waals surface area (Å²) >= 11 is 0. The first kappa shape index (κ1) is 10.3. The Bertz CT molecular complexity index is 425. The summed E-state index contributed by atoms with van der Waals surface area (Å²) < 4.78 is 4.66. The van der Waals surface area contributed by atoms with Gasteiger partial charge in [0.2, 0.25) is 0 Å². The van der Waals surface area contributed by atoms with E-state index in [0.717, 1.165) is 0 Å². The number of hydrogen-bond acceptors (Lipinski definition) is 2. The van der Waals surface area contributed by atoms with Crippen molar-refractivity contribution in [2.75, 3.05) is 0 Å². The van der Waals surface area contributed by atoms with Crippen LogP contribution >= 0.6 is 8.22 Å². The van der Waals surface area contributed by atoms with Crippen molar-refractivity contribution in [3.63, 3.8) is 0 Å². The molecule has 0 atom stereocenters. The minimum Gasteiger partial charge on any atom is -0.307 e. The SMILES string of the molecule is [Si]C([Si])P1N2C=CC=CC2=C2C=CC=CN21. The van der Waals surface area contributed by atoms with Crippen LogP contribution in [0, 0.1) is 0 Å². The van der Waals surface area contributed by atoms with Crippen LogP contribution in [0.4, 0.5) is 0 Å². The molecule has 0 aliphatic carbocycles. The predicted octanol–water partition coefficient (Wildman–Crippen LogP) is 1.92. The molecule has 6 radical (unpaired) electrons. The molecule has 16 heavy (non-hydrogen) atoms. The third-order valence-electron chi connectivity index (χ3n) is 2.61. The molecule has 2 nitrogen and oxygen atoms in total. The Kier molecular flexibility index (Phi) is 2.50. The van der Waals surface area contributed by atoms with E-state index in [4.69, 9.17) is 0 Å². The van der Waals surface area contributed by atoms with Crippen LogP contribution in [0.2, 0.25) is 0 Å². The normalized spacial score (nSPS) is 22.4. The first-order valence-electron chi connectivity index (χ1n) is 5.03. The molecule has 0 amide bonds. The molecule has 5 heteroatoms. The van der Waals surface area contributed by atoms with Crippen molar-refractivity contribution in [2.45, 2.75) is 4.91 Å². The van der Waals surface area contributed by atoms with Gasteiger partial charge in [-0.25, -0.2) is 0 Å². The van der Waals surface area contributed by atoms with Crippen molar-refractivity contribution in [3.8, 4) is 0 Å². The van der Waals surface area contributed by atoms with E-state index in [0.29, 0.717) is 0 Å². The van der Waals surface area contributed by atoms with Gasteiger partial charge in [0, 0.05) is 32.9 Å². The molecule has 3 aliphatic heterocycles. The Balaban J connectivity index is 2.10. The average molecular weight is 256 g/mol. The fraction of sp³-hybridized carbons (Fsp3) is 0.0909. The van der Waals surface area contributed by atoms with Gasteiger partial charge in [0.05, 0.1) is 19.6 Å². The zero-order chi connectivity index (χ0) is 11.1. The molecule has 0 bridgehead atoms. The molecule has 0 aromatic rings. The van der Waals surface area contributed by atoms with Crippen molar-refractivity contribution in [3.05, 3.63) is 60.3 Å². The van der Waals surface area contributed by atoms with Gasteiger partial charge in [0.25, 0.3) is 0 Å². The molecule has 0 aromatic heterocycles. The van der Waals surface area contributed by atoms with Gasteiger partial charge in [-0.3, -0.25) is 0 Å². The Labute approximate surface area is 103 Å².